The standard InChI is InChI=1S/C16H25NO2SSi/c1-21(2,3)11-10-20-15-6-4-13(5-7-15)14-8-9-17(12-14)16(18)19/h4-7,14H,8-12H2,1-3H3,(H,18,19)/t14-/m1/s1. The van der Waals surface area contributed by atoms with Gasteiger partial charge in [0.1, 0.15) is 0 Å². The SMILES string of the molecule is C[Si](C)(C)CCSc1ccc([C@@H]2CCN(C(=O)O)C2)cc1. The van der Waals surface area contributed by atoms with Gasteiger partial charge in [0.25, 0.3) is 0 Å². The first-order chi connectivity index (χ1) is 9.85. The number of hydrogen-bond acceptors (Lipinski definition) is 2. The molecule has 1 heterocycles. The van der Waals surface area contributed by atoms with Crippen molar-refractivity contribution >= 4 is 25.9 Å². The van der Waals surface area contributed by atoms with Crippen LogP contribution in [0.15, 0.2) is 29.2 Å². The van der Waals surface area contributed by atoms with E-state index in [1.165, 1.54) is 27.2 Å². The van der Waals surface area contributed by atoms with Crippen LogP contribution < -0.4 is 0 Å². The molecule has 1 fully saturated rings. The second-order valence-electron chi connectivity index (χ2n) is 6.94. The van der Waals surface area contributed by atoms with Crippen molar-refractivity contribution in [2.24, 2.45) is 0 Å². The van der Waals surface area contributed by atoms with Crippen molar-refractivity contribution in [2.45, 2.75) is 42.9 Å². The van der Waals surface area contributed by atoms with Crippen LogP contribution in [0.4, 0.5) is 4.79 Å². The summed E-state index contributed by atoms with van der Waals surface area (Å²) in [4.78, 5) is 13.8. The summed E-state index contributed by atoms with van der Waals surface area (Å²) in [6, 6.07) is 10.1. The Morgan fingerprint density at radius 3 is 2.52 bits per heavy atom. The fraction of sp³-hybridized carbons (Fsp3) is 0.562. The van der Waals surface area contributed by atoms with Crippen molar-refractivity contribution in [3.63, 3.8) is 0 Å². The molecule has 21 heavy (non-hydrogen) atoms. The Morgan fingerprint density at radius 1 is 1.33 bits per heavy atom. The molecule has 2 rings (SSSR count). The molecule has 1 saturated heterocycles. The summed E-state index contributed by atoms with van der Waals surface area (Å²) >= 11 is 1.93. The molecule has 5 heteroatoms. The summed E-state index contributed by atoms with van der Waals surface area (Å²) in [7, 11) is -0.944. The second-order valence-corrected chi connectivity index (χ2v) is 13.7. The summed E-state index contributed by atoms with van der Waals surface area (Å²) in [5, 5.41) is 9.01. The third-order valence-electron chi connectivity index (χ3n) is 3.93. The Hall–Kier alpha value is -0.943. The van der Waals surface area contributed by atoms with Gasteiger partial charge < -0.3 is 10.0 Å². The molecule has 0 saturated carbocycles. The number of hydrogen-bond donors (Lipinski definition) is 1. The first-order valence-electron chi connectivity index (χ1n) is 7.56. The van der Waals surface area contributed by atoms with Gasteiger partial charge in [0.05, 0.1) is 0 Å². The van der Waals surface area contributed by atoms with E-state index in [0.29, 0.717) is 19.0 Å². The van der Waals surface area contributed by atoms with E-state index in [9.17, 15) is 4.79 Å². The van der Waals surface area contributed by atoms with Crippen molar-refractivity contribution in [1.29, 1.82) is 0 Å². The van der Waals surface area contributed by atoms with Crippen molar-refractivity contribution in [3.05, 3.63) is 29.8 Å². The number of rotatable bonds is 5. The largest absolute Gasteiger partial charge is 0.465 e. The summed E-state index contributed by atoms with van der Waals surface area (Å²) in [5.74, 6) is 1.56. The Balaban J connectivity index is 1.86. The van der Waals surface area contributed by atoms with E-state index in [2.05, 4.69) is 43.9 Å². The maximum absolute atomic E-state index is 11.0. The molecule has 0 spiro atoms. The van der Waals surface area contributed by atoms with Crippen LogP contribution in [-0.4, -0.2) is 43.0 Å². The normalized spacial score (nSPS) is 19.0. The molecule has 0 aromatic heterocycles. The molecule has 1 aliphatic heterocycles. The molecule has 3 nitrogen and oxygen atoms in total. The fourth-order valence-corrected chi connectivity index (χ4v) is 5.94. The highest BCUT2D eigenvalue weighted by molar-refractivity contribution is 7.99. The monoisotopic (exact) mass is 323 g/mol. The Kier molecular flexibility index (Phi) is 5.38. The van der Waals surface area contributed by atoms with Crippen molar-refractivity contribution < 1.29 is 9.90 Å². The zero-order chi connectivity index (χ0) is 15.5. The minimum atomic E-state index is -0.944. The van der Waals surface area contributed by atoms with Crippen LogP contribution in [0.5, 0.6) is 0 Å². The van der Waals surface area contributed by atoms with E-state index in [1.807, 2.05) is 11.8 Å². The molecule has 1 N–H and O–H groups in total. The minimum Gasteiger partial charge on any atom is -0.465 e. The van der Waals surface area contributed by atoms with Crippen LogP contribution in [-0.2, 0) is 0 Å². The molecular formula is C16H25NO2SSi. The fourth-order valence-electron chi connectivity index (χ4n) is 2.52. The molecule has 1 amide bonds. The number of thioether (sulfide) groups is 1. The van der Waals surface area contributed by atoms with Gasteiger partial charge in [0, 0.05) is 32.0 Å². The summed E-state index contributed by atoms with van der Waals surface area (Å²) in [6.07, 6.45) is 0.144. The topological polar surface area (TPSA) is 40.5 Å². The van der Waals surface area contributed by atoms with Gasteiger partial charge >= 0.3 is 6.09 Å². The quantitative estimate of drug-likeness (QED) is 0.636. The van der Waals surface area contributed by atoms with Crippen LogP contribution in [0.3, 0.4) is 0 Å². The average molecular weight is 324 g/mol. The Labute approximate surface area is 132 Å². The van der Waals surface area contributed by atoms with Gasteiger partial charge in [-0.1, -0.05) is 31.8 Å². The van der Waals surface area contributed by atoms with Gasteiger partial charge in [0.2, 0.25) is 0 Å². The zero-order valence-corrected chi connectivity index (χ0v) is 14.9. The molecule has 0 unspecified atom stereocenters. The minimum absolute atomic E-state index is 0.363. The molecule has 1 aliphatic rings. The molecule has 1 atom stereocenters. The summed E-state index contributed by atoms with van der Waals surface area (Å²) in [5.41, 5.74) is 1.27. The van der Waals surface area contributed by atoms with Gasteiger partial charge in [-0.3, -0.25) is 0 Å². The third kappa shape index (κ3) is 5.07. The Morgan fingerprint density at radius 2 is 2.00 bits per heavy atom. The molecule has 1 aromatic carbocycles. The highest BCUT2D eigenvalue weighted by Gasteiger charge is 2.26. The summed E-state index contributed by atoms with van der Waals surface area (Å²) in [6.45, 7) is 8.52. The van der Waals surface area contributed by atoms with Crippen molar-refractivity contribution in [2.75, 3.05) is 18.8 Å². The van der Waals surface area contributed by atoms with Crippen LogP contribution in [0, 0.1) is 0 Å². The lowest BCUT2D eigenvalue weighted by molar-refractivity contribution is 0.155. The van der Waals surface area contributed by atoms with E-state index in [1.54, 1.807) is 0 Å². The van der Waals surface area contributed by atoms with Gasteiger partial charge in [-0.05, 0) is 35.9 Å². The molecule has 0 aliphatic carbocycles. The zero-order valence-electron chi connectivity index (χ0n) is 13.1. The van der Waals surface area contributed by atoms with Crippen LogP contribution >= 0.6 is 11.8 Å². The number of carboxylic acid groups (broad SMARTS) is 1. The molecule has 116 valence electrons. The smallest absolute Gasteiger partial charge is 0.407 e. The van der Waals surface area contributed by atoms with E-state index >= 15 is 0 Å². The number of nitrogens with zero attached hydrogens (tertiary/aromatic N) is 1. The molecule has 1 aromatic rings. The number of amides is 1. The van der Waals surface area contributed by atoms with E-state index in [0.717, 1.165) is 6.42 Å². The predicted octanol–water partition coefficient (Wildman–Crippen LogP) is 4.58. The maximum Gasteiger partial charge on any atom is 0.407 e. The Bertz CT molecular complexity index is 484. The third-order valence-corrected chi connectivity index (χ3v) is 7.06. The predicted molar refractivity (Wildman–Crippen MR) is 92.3 cm³/mol. The van der Waals surface area contributed by atoms with Crippen molar-refractivity contribution in [1.82, 2.24) is 4.90 Å². The first kappa shape index (κ1) is 16.4. The lowest BCUT2D eigenvalue weighted by Crippen LogP contribution is -2.26. The lowest BCUT2D eigenvalue weighted by Gasteiger charge is -2.15. The van der Waals surface area contributed by atoms with Gasteiger partial charge in [-0.25, -0.2) is 4.79 Å². The van der Waals surface area contributed by atoms with Crippen LogP contribution in [0.25, 0.3) is 0 Å². The number of benzene rings is 1. The molecule has 0 bridgehead atoms. The molecular weight excluding hydrogens is 298 g/mol. The van der Waals surface area contributed by atoms with Crippen LogP contribution in [0.2, 0.25) is 25.7 Å². The van der Waals surface area contributed by atoms with Crippen LogP contribution in [0.1, 0.15) is 17.9 Å². The lowest BCUT2D eigenvalue weighted by atomic mass is 9.99. The highest BCUT2D eigenvalue weighted by atomic mass is 32.2. The highest BCUT2D eigenvalue weighted by Crippen LogP contribution is 2.29. The van der Waals surface area contributed by atoms with E-state index < -0.39 is 14.2 Å². The number of likely N-dealkylation sites (tertiary alicyclic amines) is 1. The van der Waals surface area contributed by atoms with E-state index in [4.69, 9.17) is 5.11 Å². The van der Waals surface area contributed by atoms with Gasteiger partial charge in [-0.2, -0.15) is 0 Å². The van der Waals surface area contributed by atoms with Gasteiger partial charge in [0.15, 0.2) is 0 Å². The maximum atomic E-state index is 11.0. The number of carbonyl (C=O) groups is 1. The average Bonchev–Trinajstić information content (AvgIpc) is 2.88. The second kappa shape index (κ2) is 6.88. The first-order valence-corrected chi connectivity index (χ1v) is 12.2. The molecule has 0 radical (unpaired) electrons. The van der Waals surface area contributed by atoms with Crippen molar-refractivity contribution in [3.8, 4) is 0 Å². The van der Waals surface area contributed by atoms with Gasteiger partial charge in [-0.15, -0.1) is 11.8 Å². The summed E-state index contributed by atoms with van der Waals surface area (Å²) < 4.78 is 0. The van der Waals surface area contributed by atoms with E-state index in [-0.39, 0.29) is 0 Å².